The first-order valence-electron chi connectivity index (χ1n) is 5.69. The number of hydrogen-bond acceptors (Lipinski definition) is 2. The Morgan fingerprint density at radius 2 is 1.87 bits per heavy atom. The lowest BCUT2D eigenvalue weighted by atomic mass is 10.1. The summed E-state index contributed by atoms with van der Waals surface area (Å²) in [6.07, 6.45) is 2.13. The Morgan fingerprint density at radius 3 is 2.33 bits per heavy atom. The molecule has 0 radical (unpaired) electrons. The van der Waals surface area contributed by atoms with E-state index in [0.29, 0.717) is 0 Å². The Kier molecular flexibility index (Phi) is 4.63. The van der Waals surface area contributed by atoms with Gasteiger partial charge in [-0.1, -0.05) is 19.1 Å². The summed E-state index contributed by atoms with van der Waals surface area (Å²) >= 11 is 0. The molecule has 1 atom stereocenters. The van der Waals surface area contributed by atoms with Gasteiger partial charge < -0.3 is 10.6 Å². The van der Waals surface area contributed by atoms with E-state index in [4.69, 9.17) is 5.73 Å². The first-order chi connectivity index (χ1) is 7.13. The average molecular weight is 206 g/mol. The zero-order chi connectivity index (χ0) is 11.3. The van der Waals surface area contributed by atoms with Crippen LogP contribution in [-0.4, -0.2) is 19.6 Å². The lowest BCUT2D eigenvalue weighted by molar-refractivity contribution is 0.659. The molecular formula is C13H22N2. The van der Waals surface area contributed by atoms with Crippen molar-refractivity contribution < 1.29 is 0 Å². The van der Waals surface area contributed by atoms with Crippen LogP contribution in [0.25, 0.3) is 0 Å². The molecule has 0 aliphatic carbocycles. The molecule has 0 aliphatic heterocycles. The van der Waals surface area contributed by atoms with Crippen molar-refractivity contribution in [3.8, 4) is 0 Å². The van der Waals surface area contributed by atoms with Gasteiger partial charge in [0.15, 0.2) is 0 Å². The molecule has 0 bridgehead atoms. The molecule has 0 amide bonds. The van der Waals surface area contributed by atoms with Gasteiger partial charge in [-0.05, 0) is 37.5 Å². The summed E-state index contributed by atoms with van der Waals surface area (Å²) in [6.45, 7) is 5.24. The maximum absolute atomic E-state index is 5.74. The summed E-state index contributed by atoms with van der Waals surface area (Å²) in [5.41, 5.74) is 8.40. The van der Waals surface area contributed by atoms with Gasteiger partial charge in [-0.3, -0.25) is 0 Å². The SMILES string of the molecule is CCc1ccc(N(C)CCC(C)N)cc1. The fourth-order valence-electron chi connectivity index (χ4n) is 1.51. The van der Waals surface area contributed by atoms with Crippen LogP contribution in [0.5, 0.6) is 0 Å². The van der Waals surface area contributed by atoms with Crippen molar-refractivity contribution >= 4 is 5.69 Å². The van der Waals surface area contributed by atoms with E-state index in [9.17, 15) is 0 Å². The lowest BCUT2D eigenvalue weighted by Gasteiger charge is -2.20. The molecule has 2 heteroatoms. The van der Waals surface area contributed by atoms with Gasteiger partial charge in [-0.15, -0.1) is 0 Å². The average Bonchev–Trinajstić information content (AvgIpc) is 2.26. The smallest absolute Gasteiger partial charge is 0.0363 e. The monoisotopic (exact) mass is 206 g/mol. The van der Waals surface area contributed by atoms with Crippen LogP contribution in [-0.2, 0) is 6.42 Å². The van der Waals surface area contributed by atoms with Crippen LogP contribution in [0.4, 0.5) is 5.69 Å². The Hall–Kier alpha value is -1.02. The third kappa shape index (κ3) is 3.92. The van der Waals surface area contributed by atoms with E-state index in [2.05, 4.69) is 43.1 Å². The van der Waals surface area contributed by atoms with Gasteiger partial charge in [-0.25, -0.2) is 0 Å². The summed E-state index contributed by atoms with van der Waals surface area (Å²) < 4.78 is 0. The fourth-order valence-corrected chi connectivity index (χ4v) is 1.51. The largest absolute Gasteiger partial charge is 0.375 e. The van der Waals surface area contributed by atoms with E-state index in [-0.39, 0.29) is 6.04 Å². The van der Waals surface area contributed by atoms with Gasteiger partial charge in [0.05, 0.1) is 0 Å². The van der Waals surface area contributed by atoms with Crippen molar-refractivity contribution in [1.29, 1.82) is 0 Å². The number of nitrogens with zero attached hydrogens (tertiary/aromatic N) is 1. The van der Waals surface area contributed by atoms with E-state index in [1.807, 2.05) is 6.92 Å². The predicted octanol–water partition coefficient (Wildman–Crippen LogP) is 2.42. The number of nitrogens with two attached hydrogens (primary N) is 1. The van der Waals surface area contributed by atoms with Crippen LogP contribution in [0, 0.1) is 0 Å². The summed E-state index contributed by atoms with van der Waals surface area (Å²) in [6, 6.07) is 9.03. The summed E-state index contributed by atoms with van der Waals surface area (Å²) in [4.78, 5) is 2.25. The molecule has 0 saturated heterocycles. The van der Waals surface area contributed by atoms with Crippen molar-refractivity contribution in [3.63, 3.8) is 0 Å². The molecule has 0 aliphatic rings. The first-order valence-corrected chi connectivity index (χ1v) is 5.69. The highest BCUT2D eigenvalue weighted by Crippen LogP contribution is 2.14. The molecule has 0 aromatic heterocycles. The Morgan fingerprint density at radius 1 is 1.27 bits per heavy atom. The minimum atomic E-state index is 0.280. The number of aryl methyl sites for hydroxylation is 1. The molecule has 1 unspecified atom stereocenters. The third-order valence-electron chi connectivity index (χ3n) is 2.71. The highest BCUT2D eigenvalue weighted by molar-refractivity contribution is 5.46. The molecule has 84 valence electrons. The normalized spacial score (nSPS) is 12.5. The van der Waals surface area contributed by atoms with Gasteiger partial charge in [-0.2, -0.15) is 0 Å². The van der Waals surface area contributed by atoms with Crippen LogP contribution in [0.15, 0.2) is 24.3 Å². The number of benzene rings is 1. The number of rotatable bonds is 5. The van der Waals surface area contributed by atoms with Crippen molar-refractivity contribution in [2.24, 2.45) is 5.73 Å². The second-order valence-corrected chi connectivity index (χ2v) is 4.21. The predicted molar refractivity (Wildman–Crippen MR) is 67.4 cm³/mol. The van der Waals surface area contributed by atoms with Crippen molar-refractivity contribution in [3.05, 3.63) is 29.8 Å². The molecule has 0 saturated carbocycles. The minimum Gasteiger partial charge on any atom is -0.375 e. The van der Waals surface area contributed by atoms with Crippen molar-refractivity contribution in [2.75, 3.05) is 18.5 Å². The minimum absolute atomic E-state index is 0.280. The molecule has 2 nitrogen and oxygen atoms in total. The Bertz CT molecular complexity index is 277. The second-order valence-electron chi connectivity index (χ2n) is 4.21. The Labute approximate surface area is 93.1 Å². The Balaban J connectivity index is 2.54. The van der Waals surface area contributed by atoms with Crippen molar-refractivity contribution in [2.45, 2.75) is 32.7 Å². The van der Waals surface area contributed by atoms with Crippen LogP contribution >= 0.6 is 0 Å². The summed E-state index contributed by atoms with van der Waals surface area (Å²) in [5.74, 6) is 0. The lowest BCUT2D eigenvalue weighted by Crippen LogP contribution is -2.25. The molecule has 0 spiro atoms. The fraction of sp³-hybridized carbons (Fsp3) is 0.538. The summed E-state index contributed by atoms with van der Waals surface area (Å²) in [5, 5.41) is 0. The zero-order valence-electron chi connectivity index (χ0n) is 10.0. The van der Waals surface area contributed by atoms with Gasteiger partial charge in [0.25, 0.3) is 0 Å². The second kappa shape index (κ2) is 5.76. The van der Waals surface area contributed by atoms with Crippen LogP contribution < -0.4 is 10.6 Å². The molecule has 1 aromatic carbocycles. The van der Waals surface area contributed by atoms with Gasteiger partial charge >= 0.3 is 0 Å². The first kappa shape index (κ1) is 12.1. The van der Waals surface area contributed by atoms with Crippen LogP contribution in [0.2, 0.25) is 0 Å². The van der Waals surface area contributed by atoms with Crippen LogP contribution in [0.1, 0.15) is 25.8 Å². The van der Waals surface area contributed by atoms with Gasteiger partial charge in [0.1, 0.15) is 0 Å². The van der Waals surface area contributed by atoms with Crippen LogP contribution in [0.3, 0.4) is 0 Å². The van der Waals surface area contributed by atoms with E-state index >= 15 is 0 Å². The van der Waals surface area contributed by atoms with E-state index in [1.165, 1.54) is 11.3 Å². The van der Waals surface area contributed by atoms with E-state index in [0.717, 1.165) is 19.4 Å². The molecule has 0 fully saturated rings. The topological polar surface area (TPSA) is 29.3 Å². The molecule has 1 aromatic rings. The quantitative estimate of drug-likeness (QED) is 0.801. The van der Waals surface area contributed by atoms with Gasteiger partial charge in [0, 0.05) is 25.3 Å². The van der Waals surface area contributed by atoms with E-state index in [1.54, 1.807) is 0 Å². The third-order valence-corrected chi connectivity index (χ3v) is 2.71. The van der Waals surface area contributed by atoms with Gasteiger partial charge in [0.2, 0.25) is 0 Å². The highest BCUT2D eigenvalue weighted by Gasteiger charge is 2.01. The molecule has 0 heterocycles. The van der Waals surface area contributed by atoms with Crippen molar-refractivity contribution in [1.82, 2.24) is 0 Å². The van der Waals surface area contributed by atoms with E-state index < -0.39 is 0 Å². The maximum Gasteiger partial charge on any atom is 0.0363 e. The number of hydrogen-bond donors (Lipinski definition) is 1. The maximum atomic E-state index is 5.74. The molecule has 2 N–H and O–H groups in total. The molecule has 1 rings (SSSR count). The summed E-state index contributed by atoms with van der Waals surface area (Å²) in [7, 11) is 2.11. The molecular weight excluding hydrogens is 184 g/mol. The standard InChI is InChI=1S/C13H22N2/c1-4-12-5-7-13(8-6-12)15(3)10-9-11(2)14/h5-8,11H,4,9-10,14H2,1-3H3. The zero-order valence-corrected chi connectivity index (χ0v) is 10.0. The molecule has 15 heavy (non-hydrogen) atoms. The highest BCUT2D eigenvalue weighted by atomic mass is 15.1. The number of anilines is 1.